The molecule has 1 aromatic carbocycles. The van der Waals surface area contributed by atoms with E-state index in [2.05, 4.69) is 16.0 Å². The minimum Gasteiger partial charge on any atom is -0.332 e. The first-order valence-electron chi connectivity index (χ1n) is 5.91. The molecule has 0 radical (unpaired) electrons. The smallest absolute Gasteiger partial charge is 0.234 e. The zero-order valence-electron chi connectivity index (χ0n) is 10.3. The van der Waals surface area contributed by atoms with Crippen LogP contribution < -0.4 is 21.7 Å². The van der Waals surface area contributed by atoms with Gasteiger partial charge in [-0.2, -0.15) is 0 Å². The second-order valence-corrected chi connectivity index (χ2v) is 5.24. The van der Waals surface area contributed by atoms with Gasteiger partial charge in [0.1, 0.15) is 5.50 Å². The van der Waals surface area contributed by atoms with Crippen LogP contribution in [0.3, 0.4) is 0 Å². The quantitative estimate of drug-likeness (QED) is 0.624. The number of nitrogens with one attached hydrogen (secondary N) is 3. The standard InChI is InChI=1S/C12H16N4O2S/c13-9-6-10(17)16-12(15-9)19-7-11(18)14-8-4-2-1-3-5-8/h1-5,9,12,15H,6-7,13H2,(H,14,18)(H,16,17). The first kappa shape index (κ1) is 13.9. The van der Waals surface area contributed by atoms with Crippen LogP contribution in [0.4, 0.5) is 5.69 Å². The van der Waals surface area contributed by atoms with Crippen molar-refractivity contribution in [2.24, 2.45) is 5.73 Å². The van der Waals surface area contributed by atoms with E-state index < -0.39 is 0 Å². The highest BCUT2D eigenvalue weighted by molar-refractivity contribution is 8.00. The maximum Gasteiger partial charge on any atom is 0.234 e. The Labute approximate surface area is 115 Å². The maximum absolute atomic E-state index is 11.7. The number of hydrogen-bond donors (Lipinski definition) is 4. The Hall–Kier alpha value is -1.57. The zero-order valence-corrected chi connectivity index (χ0v) is 11.1. The molecule has 1 aliphatic rings. The molecular formula is C12H16N4O2S. The van der Waals surface area contributed by atoms with E-state index in [0.717, 1.165) is 5.69 Å². The summed E-state index contributed by atoms with van der Waals surface area (Å²) in [6.07, 6.45) is -0.101. The number of carbonyl (C=O) groups is 2. The number of anilines is 1. The molecule has 2 rings (SSSR count). The summed E-state index contributed by atoms with van der Waals surface area (Å²) < 4.78 is 0. The summed E-state index contributed by atoms with van der Waals surface area (Å²) in [5.74, 6) is 0.0122. The lowest BCUT2D eigenvalue weighted by atomic mass is 10.3. The second kappa shape index (κ2) is 6.55. The molecule has 2 amide bonds. The summed E-state index contributed by atoms with van der Waals surface area (Å²) in [5.41, 5.74) is 6.09. The number of benzene rings is 1. The van der Waals surface area contributed by atoms with Gasteiger partial charge in [0.15, 0.2) is 0 Å². The Morgan fingerprint density at radius 1 is 1.42 bits per heavy atom. The molecule has 0 aliphatic carbocycles. The molecule has 0 aromatic heterocycles. The number of carbonyl (C=O) groups excluding carboxylic acids is 2. The summed E-state index contributed by atoms with van der Waals surface area (Å²) in [4.78, 5) is 23.0. The summed E-state index contributed by atoms with van der Waals surface area (Å²) in [6.45, 7) is 0. The minimum absolute atomic E-state index is 0.104. The fraction of sp³-hybridized carbons (Fsp3) is 0.333. The SMILES string of the molecule is NC1CC(=O)NC(SCC(=O)Nc2ccccc2)N1. The van der Waals surface area contributed by atoms with Crippen molar-refractivity contribution in [1.82, 2.24) is 10.6 Å². The van der Waals surface area contributed by atoms with Crippen molar-refractivity contribution >= 4 is 29.3 Å². The predicted molar refractivity (Wildman–Crippen MR) is 75.2 cm³/mol. The van der Waals surface area contributed by atoms with Gasteiger partial charge in [-0.3, -0.25) is 14.9 Å². The average molecular weight is 280 g/mol. The maximum atomic E-state index is 11.7. The molecule has 102 valence electrons. The molecule has 1 heterocycles. The third-order valence-electron chi connectivity index (χ3n) is 2.50. The molecule has 0 saturated carbocycles. The Bertz CT molecular complexity index is 454. The van der Waals surface area contributed by atoms with Gasteiger partial charge >= 0.3 is 0 Å². The minimum atomic E-state index is -0.358. The van der Waals surface area contributed by atoms with Gasteiger partial charge in [-0.05, 0) is 12.1 Å². The Balaban J connectivity index is 1.76. The number of rotatable bonds is 4. The van der Waals surface area contributed by atoms with Crippen LogP contribution in [0.25, 0.3) is 0 Å². The third kappa shape index (κ3) is 4.55. The van der Waals surface area contributed by atoms with Gasteiger partial charge in [0, 0.05) is 5.69 Å². The van der Waals surface area contributed by atoms with Crippen molar-refractivity contribution in [2.75, 3.05) is 11.1 Å². The summed E-state index contributed by atoms with van der Waals surface area (Å²) >= 11 is 1.30. The molecule has 5 N–H and O–H groups in total. The number of para-hydroxylation sites is 1. The topological polar surface area (TPSA) is 96.2 Å². The van der Waals surface area contributed by atoms with Gasteiger partial charge in [0.25, 0.3) is 0 Å². The summed E-state index contributed by atoms with van der Waals surface area (Å²) in [7, 11) is 0. The first-order chi connectivity index (χ1) is 9.13. The van der Waals surface area contributed by atoms with E-state index in [1.165, 1.54) is 11.8 Å². The predicted octanol–water partition coefficient (Wildman–Crippen LogP) is 0.0362. The van der Waals surface area contributed by atoms with Crippen LogP contribution in [-0.2, 0) is 9.59 Å². The lowest BCUT2D eigenvalue weighted by Crippen LogP contribution is -2.58. The fourth-order valence-corrected chi connectivity index (χ4v) is 2.54. The lowest BCUT2D eigenvalue weighted by Gasteiger charge is -2.28. The largest absolute Gasteiger partial charge is 0.332 e. The van der Waals surface area contributed by atoms with Crippen LogP contribution in [0, 0.1) is 0 Å². The van der Waals surface area contributed by atoms with Crippen LogP contribution in [0.15, 0.2) is 30.3 Å². The second-order valence-electron chi connectivity index (χ2n) is 4.15. The monoisotopic (exact) mass is 280 g/mol. The number of amides is 2. The third-order valence-corrected chi connectivity index (χ3v) is 3.52. The van der Waals surface area contributed by atoms with E-state index in [-0.39, 0.29) is 35.7 Å². The number of nitrogens with two attached hydrogens (primary N) is 1. The molecule has 1 fully saturated rings. The molecule has 7 heteroatoms. The summed E-state index contributed by atoms with van der Waals surface area (Å²) in [6, 6.07) is 9.22. The molecule has 2 atom stereocenters. The van der Waals surface area contributed by atoms with Crippen molar-refractivity contribution in [3.05, 3.63) is 30.3 Å². The van der Waals surface area contributed by atoms with Gasteiger partial charge in [0.2, 0.25) is 11.8 Å². The van der Waals surface area contributed by atoms with Crippen LogP contribution in [0.1, 0.15) is 6.42 Å². The van der Waals surface area contributed by atoms with E-state index >= 15 is 0 Å². The number of hydrogen-bond acceptors (Lipinski definition) is 5. The Morgan fingerprint density at radius 2 is 2.16 bits per heavy atom. The Kier molecular flexibility index (Phi) is 4.78. The van der Waals surface area contributed by atoms with E-state index in [9.17, 15) is 9.59 Å². The molecular weight excluding hydrogens is 264 g/mol. The fourth-order valence-electron chi connectivity index (χ4n) is 1.67. The zero-order chi connectivity index (χ0) is 13.7. The molecule has 6 nitrogen and oxygen atoms in total. The van der Waals surface area contributed by atoms with Crippen molar-refractivity contribution in [1.29, 1.82) is 0 Å². The first-order valence-corrected chi connectivity index (χ1v) is 6.96. The van der Waals surface area contributed by atoms with Crippen LogP contribution in [-0.4, -0.2) is 29.2 Å². The molecule has 1 aromatic rings. The molecule has 2 unspecified atom stereocenters. The normalized spacial score (nSPS) is 22.7. The van der Waals surface area contributed by atoms with E-state index in [1.807, 2.05) is 30.3 Å². The molecule has 1 saturated heterocycles. The van der Waals surface area contributed by atoms with Gasteiger partial charge in [-0.15, -0.1) is 11.8 Å². The highest BCUT2D eigenvalue weighted by Gasteiger charge is 2.23. The number of thioether (sulfide) groups is 1. The molecule has 1 aliphatic heterocycles. The lowest BCUT2D eigenvalue weighted by molar-refractivity contribution is -0.123. The highest BCUT2D eigenvalue weighted by atomic mass is 32.2. The van der Waals surface area contributed by atoms with Gasteiger partial charge in [0.05, 0.1) is 18.3 Å². The van der Waals surface area contributed by atoms with Crippen molar-refractivity contribution in [3.63, 3.8) is 0 Å². The van der Waals surface area contributed by atoms with E-state index in [1.54, 1.807) is 0 Å². The molecule has 0 spiro atoms. The van der Waals surface area contributed by atoms with Crippen LogP contribution in [0.5, 0.6) is 0 Å². The van der Waals surface area contributed by atoms with Crippen molar-refractivity contribution < 1.29 is 9.59 Å². The Morgan fingerprint density at radius 3 is 2.84 bits per heavy atom. The van der Waals surface area contributed by atoms with Gasteiger partial charge in [-0.25, -0.2) is 0 Å². The van der Waals surface area contributed by atoms with Crippen molar-refractivity contribution in [2.45, 2.75) is 18.1 Å². The molecule has 0 bridgehead atoms. The van der Waals surface area contributed by atoms with Gasteiger partial charge < -0.3 is 16.4 Å². The van der Waals surface area contributed by atoms with Crippen LogP contribution >= 0.6 is 11.8 Å². The van der Waals surface area contributed by atoms with E-state index in [4.69, 9.17) is 5.73 Å². The van der Waals surface area contributed by atoms with Crippen LogP contribution in [0.2, 0.25) is 0 Å². The van der Waals surface area contributed by atoms with E-state index in [0.29, 0.717) is 0 Å². The highest BCUT2D eigenvalue weighted by Crippen LogP contribution is 2.12. The molecule has 19 heavy (non-hydrogen) atoms. The van der Waals surface area contributed by atoms with Crippen molar-refractivity contribution in [3.8, 4) is 0 Å². The average Bonchev–Trinajstić information content (AvgIpc) is 2.36. The summed E-state index contributed by atoms with van der Waals surface area (Å²) in [5, 5.41) is 8.49. The van der Waals surface area contributed by atoms with Gasteiger partial charge in [-0.1, -0.05) is 18.2 Å².